The van der Waals surface area contributed by atoms with Gasteiger partial charge in [-0.05, 0) is 51.0 Å². The van der Waals surface area contributed by atoms with Crippen LogP contribution in [0.25, 0.3) is 0 Å². The van der Waals surface area contributed by atoms with Crippen molar-refractivity contribution in [2.45, 2.75) is 33.6 Å². The molecule has 0 aliphatic carbocycles. The molecule has 1 N–H and O–H groups in total. The van der Waals surface area contributed by atoms with E-state index < -0.39 is 5.97 Å². The largest absolute Gasteiger partial charge is 0.494 e. The number of benzene rings is 2. The maximum atomic E-state index is 11.9. The van der Waals surface area contributed by atoms with Gasteiger partial charge in [0.2, 0.25) is 0 Å². The van der Waals surface area contributed by atoms with E-state index in [4.69, 9.17) is 9.47 Å². The number of amides is 1. The van der Waals surface area contributed by atoms with Gasteiger partial charge in [-0.1, -0.05) is 35.4 Å². The second-order valence-corrected chi connectivity index (χ2v) is 6.29. The predicted octanol–water partition coefficient (Wildman–Crippen LogP) is 3.95. The molecule has 0 saturated carbocycles. The van der Waals surface area contributed by atoms with Crippen LogP contribution in [0.3, 0.4) is 0 Å². The number of carbonyl (C=O) groups is 2. The van der Waals surface area contributed by atoms with Gasteiger partial charge >= 0.3 is 5.97 Å². The Hall–Kier alpha value is -2.82. The molecule has 0 fully saturated rings. The van der Waals surface area contributed by atoms with Crippen molar-refractivity contribution in [3.8, 4) is 5.75 Å². The first kappa shape index (κ1) is 19.5. The highest BCUT2D eigenvalue weighted by atomic mass is 16.5. The molecule has 0 unspecified atom stereocenters. The van der Waals surface area contributed by atoms with E-state index in [2.05, 4.69) is 5.32 Å². The van der Waals surface area contributed by atoms with E-state index in [1.54, 1.807) is 0 Å². The molecule has 0 aliphatic rings. The molecule has 2 aromatic carbocycles. The van der Waals surface area contributed by atoms with E-state index in [-0.39, 0.29) is 18.9 Å². The van der Waals surface area contributed by atoms with Gasteiger partial charge in [-0.2, -0.15) is 0 Å². The molecule has 5 heteroatoms. The van der Waals surface area contributed by atoms with Crippen LogP contribution in [0, 0.1) is 20.8 Å². The van der Waals surface area contributed by atoms with Crippen molar-refractivity contribution in [3.63, 3.8) is 0 Å². The standard InChI is InChI=1S/C21H25NO4/c1-15-6-9-18(10-7-15)25-12-4-5-21(24)26-14-20(23)22-19-11-8-16(2)13-17(19)3/h6-11,13H,4-5,12,14H2,1-3H3,(H,22,23). The fourth-order valence-corrected chi connectivity index (χ4v) is 2.40. The number of carbonyl (C=O) groups excluding carboxylic acids is 2. The molecule has 0 saturated heterocycles. The van der Waals surface area contributed by atoms with Crippen molar-refractivity contribution in [2.24, 2.45) is 0 Å². The van der Waals surface area contributed by atoms with E-state index in [1.807, 2.05) is 63.2 Å². The van der Waals surface area contributed by atoms with E-state index in [0.29, 0.717) is 13.0 Å². The smallest absolute Gasteiger partial charge is 0.306 e. The topological polar surface area (TPSA) is 64.6 Å². The van der Waals surface area contributed by atoms with E-state index in [1.165, 1.54) is 5.56 Å². The lowest BCUT2D eigenvalue weighted by Gasteiger charge is -2.10. The molecule has 2 aromatic rings. The zero-order chi connectivity index (χ0) is 18.9. The van der Waals surface area contributed by atoms with E-state index >= 15 is 0 Å². The maximum Gasteiger partial charge on any atom is 0.306 e. The van der Waals surface area contributed by atoms with Crippen LogP contribution in [0.5, 0.6) is 5.75 Å². The lowest BCUT2D eigenvalue weighted by atomic mass is 10.1. The minimum Gasteiger partial charge on any atom is -0.494 e. The molecule has 0 bridgehead atoms. The quantitative estimate of drug-likeness (QED) is 0.575. The lowest BCUT2D eigenvalue weighted by Crippen LogP contribution is -2.21. The van der Waals surface area contributed by atoms with Crippen LogP contribution < -0.4 is 10.1 Å². The van der Waals surface area contributed by atoms with Crippen LogP contribution in [0.4, 0.5) is 5.69 Å². The minimum atomic E-state index is -0.409. The number of rotatable bonds is 8. The summed E-state index contributed by atoms with van der Waals surface area (Å²) < 4.78 is 10.6. The summed E-state index contributed by atoms with van der Waals surface area (Å²) in [4.78, 5) is 23.6. The SMILES string of the molecule is Cc1ccc(OCCCC(=O)OCC(=O)Nc2ccc(C)cc2C)cc1. The average Bonchev–Trinajstić information content (AvgIpc) is 2.61. The zero-order valence-electron chi connectivity index (χ0n) is 15.5. The van der Waals surface area contributed by atoms with Gasteiger partial charge in [0.15, 0.2) is 6.61 Å². The molecular formula is C21H25NO4. The highest BCUT2D eigenvalue weighted by molar-refractivity contribution is 5.93. The molecule has 0 spiro atoms. The van der Waals surface area contributed by atoms with Gasteiger partial charge < -0.3 is 14.8 Å². The molecule has 0 heterocycles. The van der Waals surface area contributed by atoms with Gasteiger partial charge in [0.25, 0.3) is 5.91 Å². The summed E-state index contributed by atoms with van der Waals surface area (Å²) in [5, 5.41) is 2.75. The fraction of sp³-hybridized carbons (Fsp3) is 0.333. The Bertz CT molecular complexity index is 753. The number of esters is 1. The van der Waals surface area contributed by atoms with Crippen molar-refractivity contribution >= 4 is 17.6 Å². The highest BCUT2D eigenvalue weighted by Crippen LogP contribution is 2.16. The summed E-state index contributed by atoms with van der Waals surface area (Å²) in [6, 6.07) is 13.5. The molecule has 5 nitrogen and oxygen atoms in total. The van der Waals surface area contributed by atoms with Gasteiger partial charge in [0.05, 0.1) is 6.61 Å². The zero-order valence-corrected chi connectivity index (χ0v) is 15.5. The molecule has 138 valence electrons. The third-order valence-corrected chi connectivity index (χ3v) is 3.84. The molecule has 0 aliphatic heterocycles. The summed E-state index contributed by atoms with van der Waals surface area (Å²) in [7, 11) is 0. The Labute approximate surface area is 154 Å². The van der Waals surface area contributed by atoms with Crippen LogP contribution in [0.1, 0.15) is 29.5 Å². The van der Waals surface area contributed by atoms with E-state index in [9.17, 15) is 9.59 Å². The number of nitrogens with one attached hydrogen (secondary N) is 1. The van der Waals surface area contributed by atoms with Gasteiger partial charge in [0.1, 0.15) is 5.75 Å². The molecule has 0 radical (unpaired) electrons. The van der Waals surface area contributed by atoms with Crippen molar-refractivity contribution in [3.05, 3.63) is 59.2 Å². The first-order valence-electron chi connectivity index (χ1n) is 8.66. The second kappa shape index (κ2) is 9.61. The highest BCUT2D eigenvalue weighted by Gasteiger charge is 2.09. The molecular weight excluding hydrogens is 330 g/mol. The third-order valence-electron chi connectivity index (χ3n) is 3.84. The van der Waals surface area contributed by atoms with Crippen molar-refractivity contribution < 1.29 is 19.1 Å². The maximum absolute atomic E-state index is 11.9. The summed E-state index contributed by atoms with van der Waals surface area (Å²) in [5.41, 5.74) is 3.99. The number of anilines is 1. The van der Waals surface area contributed by atoms with E-state index in [0.717, 1.165) is 22.6 Å². The van der Waals surface area contributed by atoms with Gasteiger partial charge in [-0.15, -0.1) is 0 Å². The monoisotopic (exact) mass is 355 g/mol. The lowest BCUT2D eigenvalue weighted by molar-refractivity contribution is -0.147. The van der Waals surface area contributed by atoms with Crippen LogP contribution in [-0.2, 0) is 14.3 Å². The Kier molecular flexibility index (Phi) is 7.21. The van der Waals surface area contributed by atoms with Gasteiger partial charge in [-0.3, -0.25) is 9.59 Å². The third kappa shape index (κ3) is 6.59. The second-order valence-electron chi connectivity index (χ2n) is 6.29. The number of hydrogen-bond acceptors (Lipinski definition) is 4. The summed E-state index contributed by atoms with van der Waals surface area (Å²) in [6.07, 6.45) is 0.744. The minimum absolute atomic E-state index is 0.211. The van der Waals surface area contributed by atoms with Crippen LogP contribution in [0.2, 0.25) is 0 Å². The first-order valence-corrected chi connectivity index (χ1v) is 8.66. The summed E-state index contributed by atoms with van der Waals surface area (Å²) >= 11 is 0. The van der Waals surface area contributed by atoms with Crippen LogP contribution in [-0.4, -0.2) is 25.1 Å². The van der Waals surface area contributed by atoms with Crippen molar-refractivity contribution in [1.29, 1.82) is 0 Å². The normalized spacial score (nSPS) is 10.3. The van der Waals surface area contributed by atoms with Crippen LogP contribution >= 0.6 is 0 Å². The van der Waals surface area contributed by atoms with Crippen molar-refractivity contribution in [2.75, 3.05) is 18.5 Å². The summed E-state index contributed by atoms with van der Waals surface area (Å²) in [6.45, 7) is 6.06. The van der Waals surface area contributed by atoms with Gasteiger partial charge in [0, 0.05) is 12.1 Å². The number of hydrogen-bond donors (Lipinski definition) is 1. The number of ether oxygens (including phenoxy) is 2. The average molecular weight is 355 g/mol. The Morgan fingerprint density at radius 3 is 2.35 bits per heavy atom. The molecule has 0 aromatic heterocycles. The fourth-order valence-electron chi connectivity index (χ4n) is 2.40. The predicted molar refractivity (Wildman–Crippen MR) is 101 cm³/mol. The molecule has 26 heavy (non-hydrogen) atoms. The molecule has 1 amide bonds. The molecule has 2 rings (SSSR count). The Morgan fingerprint density at radius 2 is 1.65 bits per heavy atom. The number of aryl methyl sites for hydroxylation is 3. The summed E-state index contributed by atoms with van der Waals surface area (Å²) in [5.74, 6) is 0.0197. The molecule has 0 atom stereocenters. The van der Waals surface area contributed by atoms with Crippen LogP contribution in [0.15, 0.2) is 42.5 Å². The first-order chi connectivity index (χ1) is 12.4. The Balaban J connectivity index is 1.63. The van der Waals surface area contributed by atoms with Crippen molar-refractivity contribution in [1.82, 2.24) is 0 Å². The van der Waals surface area contributed by atoms with Gasteiger partial charge in [-0.25, -0.2) is 0 Å². The Morgan fingerprint density at radius 1 is 0.962 bits per heavy atom.